The highest BCUT2D eigenvalue weighted by molar-refractivity contribution is 5.21. The van der Waals surface area contributed by atoms with Crippen LogP contribution in [0, 0.1) is 0 Å². The summed E-state index contributed by atoms with van der Waals surface area (Å²) in [6.07, 6.45) is 11.3. The van der Waals surface area contributed by atoms with Crippen LogP contribution in [0.5, 0.6) is 0 Å². The van der Waals surface area contributed by atoms with Crippen LogP contribution in [0.2, 0.25) is 0 Å². The van der Waals surface area contributed by atoms with E-state index < -0.39 is 0 Å². The van der Waals surface area contributed by atoms with Crippen LogP contribution in [0.3, 0.4) is 0 Å². The minimum atomic E-state index is 0.759. The molecule has 0 aliphatic heterocycles. The van der Waals surface area contributed by atoms with Crippen molar-refractivity contribution in [3.63, 3.8) is 0 Å². The first-order valence-electron chi connectivity index (χ1n) is 5.57. The molecule has 0 aliphatic rings. The van der Waals surface area contributed by atoms with Gasteiger partial charge in [0.05, 0.1) is 5.69 Å². The summed E-state index contributed by atoms with van der Waals surface area (Å²) in [6.45, 7) is 9.07. The zero-order valence-electron chi connectivity index (χ0n) is 9.97. The molecule has 0 saturated heterocycles. The summed E-state index contributed by atoms with van der Waals surface area (Å²) in [5, 5.41) is 3.28. The molecular weight excluding hydrogens is 208 g/mol. The molecule has 0 spiro atoms. The van der Waals surface area contributed by atoms with Gasteiger partial charge in [0.15, 0.2) is 0 Å². The molecule has 2 nitrogen and oxygen atoms in total. The molecule has 0 radical (unpaired) electrons. The SMILES string of the molecule is C=C/C=C\C=C/C(=C)CNCc1ccccn1. The van der Waals surface area contributed by atoms with Crippen molar-refractivity contribution < 1.29 is 0 Å². The third-order valence-electron chi connectivity index (χ3n) is 2.07. The molecule has 2 heteroatoms. The van der Waals surface area contributed by atoms with Gasteiger partial charge in [-0.3, -0.25) is 4.98 Å². The van der Waals surface area contributed by atoms with Gasteiger partial charge in [-0.25, -0.2) is 0 Å². The van der Waals surface area contributed by atoms with Gasteiger partial charge in [-0.05, 0) is 17.7 Å². The summed E-state index contributed by atoms with van der Waals surface area (Å²) in [5.41, 5.74) is 2.07. The maximum absolute atomic E-state index is 4.23. The van der Waals surface area contributed by atoms with Crippen LogP contribution in [0.25, 0.3) is 0 Å². The standard InChI is InChI=1S/C15H18N2/c1-3-4-5-6-9-14(2)12-16-13-15-10-7-8-11-17-15/h3-11,16H,1-2,12-13H2/b5-4-,9-6-. The smallest absolute Gasteiger partial charge is 0.0541 e. The Morgan fingerprint density at radius 2 is 2.18 bits per heavy atom. The Labute approximate surface area is 103 Å². The molecule has 1 N–H and O–H groups in total. The van der Waals surface area contributed by atoms with Gasteiger partial charge in [-0.15, -0.1) is 0 Å². The number of aromatic nitrogens is 1. The fourth-order valence-corrected chi connectivity index (χ4v) is 1.25. The number of nitrogens with zero attached hydrogens (tertiary/aromatic N) is 1. The molecule has 0 bridgehead atoms. The predicted octanol–water partition coefficient (Wildman–Crippen LogP) is 3.03. The summed E-state index contributed by atoms with van der Waals surface area (Å²) in [4.78, 5) is 4.23. The lowest BCUT2D eigenvalue weighted by Gasteiger charge is -2.03. The number of rotatable bonds is 7. The Bertz CT molecular complexity index is 402. The lowest BCUT2D eigenvalue weighted by molar-refractivity contribution is 0.730. The first-order chi connectivity index (χ1) is 8.33. The third-order valence-corrected chi connectivity index (χ3v) is 2.07. The van der Waals surface area contributed by atoms with E-state index in [1.807, 2.05) is 42.5 Å². The van der Waals surface area contributed by atoms with Crippen molar-refractivity contribution in [3.05, 3.63) is 79.2 Å². The fraction of sp³-hybridized carbons (Fsp3) is 0.133. The van der Waals surface area contributed by atoms with Crippen LogP contribution in [0.1, 0.15) is 5.69 Å². The number of pyridine rings is 1. The zero-order valence-corrected chi connectivity index (χ0v) is 9.97. The van der Waals surface area contributed by atoms with Crippen molar-refractivity contribution in [1.82, 2.24) is 10.3 Å². The molecule has 1 rings (SSSR count). The van der Waals surface area contributed by atoms with Crippen molar-refractivity contribution in [3.8, 4) is 0 Å². The maximum atomic E-state index is 4.23. The largest absolute Gasteiger partial charge is 0.307 e. The molecule has 0 atom stereocenters. The Morgan fingerprint density at radius 3 is 2.88 bits per heavy atom. The number of nitrogens with one attached hydrogen (secondary N) is 1. The topological polar surface area (TPSA) is 24.9 Å². The van der Waals surface area contributed by atoms with Gasteiger partial charge < -0.3 is 5.32 Å². The van der Waals surface area contributed by atoms with Crippen molar-refractivity contribution in [2.75, 3.05) is 6.54 Å². The van der Waals surface area contributed by atoms with E-state index >= 15 is 0 Å². The Balaban J connectivity index is 2.23. The van der Waals surface area contributed by atoms with E-state index in [4.69, 9.17) is 0 Å². The monoisotopic (exact) mass is 226 g/mol. The quantitative estimate of drug-likeness (QED) is 0.723. The van der Waals surface area contributed by atoms with E-state index in [-0.39, 0.29) is 0 Å². The fourth-order valence-electron chi connectivity index (χ4n) is 1.25. The second-order valence-corrected chi connectivity index (χ2v) is 3.56. The van der Waals surface area contributed by atoms with E-state index in [2.05, 4.69) is 23.5 Å². The summed E-state index contributed by atoms with van der Waals surface area (Å²) in [6, 6.07) is 5.90. The van der Waals surface area contributed by atoms with Gasteiger partial charge >= 0.3 is 0 Å². The van der Waals surface area contributed by atoms with E-state index in [0.29, 0.717) is 0 Å². The van der Waals surface area contributed by atoms with Gasteiger partial charge in [0.2, 0.25) is 0 Å². The molecule has 1 aromatic rings. The van der Waals surface area contributed by atoms with E-state index in [9.17, 15) is 0 Å². The maximum Gasteiger partial charge on any atom is 0.0541 e. The summed E-state index contributed by atoms with van der Waals surface area (Å²) >= 11 is 0. The van der Waals surface area contributed by atoms with Crippen LogP contribution in [-0.4, -0.2) is 11.5 Å². The van der Waals surface area contributed by atoms with Crippen LogP contribution in [-0.2, 0) is 6.54 Å². The van der Waals surface area contributed by atoms with Crippen molar-refractivity contribution in [2.24, 2.45) is 0 Å². The van der Waals surface area contributed by atoms with Crippen LogP contribution < -0.4 is 5.32 Å². The molecule has 88 valence electrons. The Morgan fingerprint density at radius 1 is 1.29 bits per heavy atom. The highest BCUT2D eigenvalue weighted by Gasteiger charge is 1.92. The molecule has 1 heterocycles. The summed E-state index contributed by atoms with van der Waals surface area (Å²) < 4.78 is 0. The predicted molar refractivity (Wildman–Crippen MR) is 73.6 cm³/mol. The summed E-state index contributed by atoms with van der Waals surface area (Å²) in [5.74, 6) is 0. The van der Waals surface area contributed by atoms with Crippen molar-refractivity contribution >= 4 is 0 Å². The van der Waals surface area contributed by atoms with Gasteiger partial charge in [-0.1, -0.05) is 49.6 Å². The molecular formula is C15H18N2. The number of hydrogen-bond donors (Lipinski definition) is 1. The molecule has 0 saturated carbocycles. The lowest BCUT2D eigenvalue weighted by atomic mass is 10.2. The normalized spacial score (nSPS) is 11.1. The molecule has 0 aromatic carbocycles. The number of hydrogen-bond acceptors (Lipinski definition) is 2. The summed E-state index contributed by atoms with van der Waals surface area (Å²) in [7, 11) is 0. The third kappa shape index (κ3) is 6.28. The van der Waals surface area contributed by atoms with Crippen LogP contribution in [0.15, 0.2) is 73.5 Å². The molecule has 0 aliphatic carbocycles. The van der Waals surface area contributed by atoms with Gasteiger partial charge in [0, 0.05) is 19.3 Å². The average molecular weight is 226 g/mol. The molecule has 0 fully saturated rings. The Hall–Kier alpha value is -1.93. The molecule has 1 aromatic heterocycles. The van der Waals surface area contributed by atoms with Crippen LogP contribution >= 0.6 is 0 Å². The first kappa shape index (κ1) is 13.1. The molecule has 0 amide bonds. The first-order valence-corrected chi connectivity index (χ1v) is 5.57. The lowest BCUT2D eigenvalue weighted by Crippen LogP contribution is -2.16. The van der Waals surface area contributed by atoms with Gasteiger partial charge in [-0.2, -0.15) is 0 Å². The highest BCUT2D eigenvalue weighted by Crippen LogP contribution is 1.95. The van der Waals surface area contributed by atoms with Gasteiger partial charge in [0.25, 0.3) is 0 Å². The second kappa shape index (κ2) is 8.25. The minimum Gasteiger partial charge on any atom is -0.307 e. The van der Waals surface area contributed by atoms with Crippen molar-refractivity contribution in [2.45, 2.75) is 6.54 Å². The highest BCUT2D eigenvalue weighted by atomic mass is 14.9. The van der Waals surface area contributed by atoms with Gasteiger partial charge in [0.1, 0.15) is 0 Å². The number of allylic oxidation sites excluding steroid dienone is 4. The van der Waals surface area contributed by atoms with E-state index in [1.165, 1.54) is 0 Å². The average Bonchev–Trinajstić information content (AvgIpc) is 2.36. The Kier molecular flexibility index (Phi) is 6.37. The molecule has 0 unspecified atom stereocenters. The van der Waals surface area contributed by atoms with E-state index in [1.54, 1.807) is 12.3 Å². The molecule has 17 heavy (non-hydrogen) atoms. The van der Waals surface area contributed by atoms with E-state index in [0.717, 1.165) is 24.4 Å². The van der Waals surface area contributed by atoms with Crippen LogP contribution in [0.4, 0.5) is 0 Å². The zero-order chi connectivity index (χ0) is 12.3. The van der Waals surface area contributed by atoms with Crippen molar-refractivity contribution in [1.29, 1.82) is 0 Å². The minimum absolute atomic E-state index is 0.759. The second-order valence-electron chi connectivity index (χ2n) is 3.56.